The Bertz CT molecular complexity index is 306. The fourth-order valence-corrected chi connectivity index (χ4v) is 1.50. The first-order valence-electron chi connectivity index (χ1n) is 4.80. The maximum atomic E-state index is 5.67. The highest BCUT2D eigenvalue weighted by Crippen LogP contribution is 2.27. The maximum Gasteiger partial charge on any atom is 0.192 e. The van der Waals surface area contributed by atoms with Crippen LogP contribution in [0, 0.1) is 0 Å². The zero-order valence-corrected chi connectivity index (χ0v) is 8.27. The molecule has 0 amide bonds. The average molecular weight is 190 g/mol. The number of rotatable bonds is 1. The molecule has 0 N–H and O–H groups in total. The van der Waals surface area contributed by atoms with Crippen molar-refractivity contribution in [1.82, 2.24) is 0 Å². The van der Waals surface area contributed by atoms with Crippen LogP contribution in [0.4, 0.5) is 0 Å². The maximum absolute atomic E-state index is 5.67. The van der Waals surface area contributed by atoms with E-state index in [-0.39, 0.29) is 0 Å². The van der Waals surface area contributed by atoms with E-state index in [0.29, 0.717) is 13.2 Å². The minimum atomic E-state index is -0.606. The quantitative estimate of drug-likeness (QED) is 0.633. The smallest absolute Gasteiger partial charge is 0.192 e. The second kappa shape index (κ2) is 3.95. The number of hydrogen-bond donors (Lipinski definition) is 0. The zero-order valence-electron chi connectivity index (χ0n) is 8.27. The van der Waals surface area contributed by atoms with Crippen LogP contribution >= 0.6 is 0 Å². The van der Waals surface area contributed by atoms with Crippen molar-refractivity contribution < 1.29 is 9.47 Å². The van der Waals surface area contributed by atoms with Crippen molar-refractivity contribution in [2.75, 3.05) is 13.2 Å². The van der Waals surface area contributed by atoms with Crippen LogP contribution < -0.4 is 0 Å². The van der Waals surface area contributed by atoms with Crippen molar-refractivity contribution in [3.63, 3.8) is 0 Å². The minimum Gasteiger partial charge on any atom is -0.342 e. The molecular formula is C12H14O2. The summed E-state index contributed by atoms with van der Waals surface area (Å²) in [7, 11) is 0. The van der Waals surface area contributed by atoms with Gasteiger partial charge in [-0.3, -0.25) is 0 Å². The van der Waals surface area contributed by atoms with E-state index in [1.54, 1.807) is 0 Å². The van der Waals surface area contributed by atoms with E-state index >= 15 is 0 Å². The minimum absolute atomic E-state index is 0.603. The lowest BCUT2D eigenvalue weighted by molar-refractivity contribution is -0.218. The first-order valence-corrected chi connectivity index (χ1v) is 4.80. The van der Waals surface area contributed by atoms with Gasteiger partial charge in [0.25, 0.3) is 0 Å². The van der Waals surface area contributed by atoms with Gasteiger partial charge in [0.15, 0.2) is 5.79 Å². The molecule has 0 atom stereocenters. The van der Waals surface area contributed by atoms with Crippen LogP contribution in [0.25, 0.3) is 0 Å². The van der Waals surface area contributed by atoms with Gasteiger partial charge in [0.05, 0.1) is 13.2 Å². The molecule has 1 aromatic carbocycles. The van der Waals surface area contributed by atoms with Crippen molar-refractivity contribution in [3.05, 3.63) is 48.0 Å². The van der Waals surface area contributed by atoms with E-state index in [0.717, 1.165) is 5.56 Å². The summed E-state index contributed by atoms with van der Waals surface area (Å²) in [5.41, 5.74) is 1.06. The molecular weight excluding hydrogens is 176 g/mol. The molecule has 1 aliphatic rings. The molecule has 74 valence electrons. The van der Waals surface area contributed by atoms with Crippen LogP contribution in [0.15, 0.2) is 42.5 Å². The Balaban J connectivity index is 2.23. The summed E-state index contributed by atoms with van der Waals surface area (Å²) in [5.74, 6) is -0.606. The van der Waals surface area contributed by atoms with Gasteiger partial charge >= 0.3 is 0 Å². The predicted octanol–water partition coefficient (Wildman–Crippen LogP) is 2.46. The molecule has 1 heterocycles. The molecule has 0 fully saturated rings. The molecule has 14 heavy (non-hydrogen) atoms. The van der Waals surface area contributed by atoms with E-state index in [4.69, 9.17) is 9.47 Å². The lowest BCUT2D eigenvalue weighted by Crippen LogP contribution is -2.28. The fourth-order valence-electron chi connectivity index (χ4n) is 1.50. The summed E-state index contributed by atoms with van der Waals surface area (Å²) >= 11 is 0. The van der Waals surface area contributed by atoms with Gasteiger partial charge in [-0.05, 0) is 6.92 Å². The van der Waals surface area contributed by atoms with Crippen LogP contribution in [0.3, 0.4) is 0 Å². The summed E-state index contributed by atoms with van der Waals surface area (Å²) in [6.45, 7) is 3.16. The molecule has 2 nitrogen and oxygen atoms in total. The number of ether oxygens (including phenoxy) is 2. The van der Waals surface area contributed by atoms with Gasteiger partial charge in [0.2, 0.25) is 0 Å². The standard InChI is InChI=1S/C12H14O2/c1-12(11-7-3-2-4-8-11)13-9-5-6-10-14-12/h2-8H,9-10H2,1H3. The fraction of sp³-hybridized carbons (Fsp3) is 0.333. The number of hydrogen-bond acceptors (Lipinski definition) is 2. The monoisotopic (exact) mass is 190 g/mol. The molecule has 0 aromatic heterocycles. The van der Waals surface area contributed by atoms with Gasteiger partial charge in [-0.25, -0.2) is 0 Å². The molecule has 0 bridgehead atoms. The molecule has 0 unspecified atom stereocenters. The van der Waals surface area contributed by atoms with E-state index in [9.17, 15) is 0 Å². The summed E-state index contributed by atoms with van der Waals surface area (Å²) in [4.78, 5) is 0. The van der Waals surface area contributed by atoms with Crippen molar-refractivity contribution >= 4 is 0 Å². The highest BCUT2D eigenvalue weighted by molar-refractivity contribution is 5.20. The molecule has 0 saturated carbocycles. The molecule has 2 heteroatoms. The first kappa shape index (κ1) is 9.44. The number of benzene rings is 1. The van der Waals surface area contributed by atoms with Crippen molar-refractivity contribution in [3.8, 4) is 0 Å². The lowest BCUT2D eigenvalue weighted by atomic mass is 10.1. The van der Waals surface area contributed by atoms with Crippen molar-refractivity contribution in [1.29, 1.82) is 0 Å². The van der Waals surface area contributed by atoms with Gasteiger partial charge in [0.1, 0.15) is 0 Å². The summed E-state index contributed by atoms with van der Waals surface area (Å²) in [6, 6.07) is 10.0. The Morgan fingerprint density at radius 3 is 2.14 bits per heavy atom. The summed E-state index contributed by atoms with van der Waals surface area (Å²) in [6.07, 6.45) is 3.96. The molecule has 0 radical (unpaired) electrons. The second-order valence-corrected chi connectivity index (χ2v) is 3.41. The third-order valence-electron chi connectivity index (χ3n) is 2.37. The van der Waals surface area contributed by atoms with Crippen LogP contribution in [0.5, 0.6) is 0 Å². The van der Waals surface area contributed by atoms with Gasteiger partial charge in [-0.15, -0.1) is 0 Å². The highest BCUT2D eigenvalue weighted by Gasteiger charge is 2.28. The van der Waals surface area contributed by atoms with Crippen LogP contribution in [0.2, 0.25) is 0 Å². The molecule has 0 spiro atoms. The molecule has 1 aliphatic heterocycles. The zero-order chi connectivity index (χ0) is 9.86. The summed E-state index contributed by atoms with van der Waals surface area (Å²) < 4.78 is 11.3. The van der Waals surface area contributed by atoms with Crippen molar-refractivity contribution in [2.45, 2.75) is 12.7 Å². The average Bonchev–Trinajstić information content (AvgIpc) is 2.46. The van der Waals surface area contributed by atoms with Gasteiger partial charge in [-0.1, -0.05) is 42.5 Å². The van der Waals surface area contributed by atoms with Gasteiger partial charge in [-0.2, -0.15) is 0 Å². The predicted molar refractivity (Wildman–Crippen MR) is 54.8 cm³/mol. The lowest BCUT2D eigenvalue weighted by Gasteiger charge is -2.28. The molecule has 1 aromatic rings. The van der Waals surface area contributed by atoms with E-state index in [1.165, 1.54) is 0 Å². The van der Waals surface area contributed by atoms with E-state index < -0.39 is 5.79 Å². The Labute approximate surface area is 84.2 Å². The molecule has 2 rings (SSSR count). The third-order valence-corrected chi connectivity index (χ3v) is 2.37. The third kappa shape index (κ3) is 1.86. The topological polar surface area (TPSA) is 18.5 Å². The Morgan fingerprint density at radius 2 is 1.57 bits per heavy atom. The molecule has 0 saturated heterocycles. The normalized spacial score (nSPS) is 20.4. The Hall–Kier alpha value is -1.12. The van der Waals surface area contributed by atoms with Gasteiger partial charge < -0.3 is 9.47 Å². The van der Waals surface area contributed by atoms with Crippen molar-refractivity contribution in [2.24, 2.45) is 0 Å². The van der Waals surface area contributed by atoms with Gasteiger partial charge in [0, 0.05) is 5.56 Å². The van der Waals surface area contributed by atoms with Crippen LogP contribution in [0.1, 0.15) is 12.5 Å². The SMILES string of the molecule is CC1(c2ccccc2)OCC=CCO1. The molecule has 0 aliphatic carbocycles. The Morgan fingerprint density at radius 1 is 1.00 bits per heavy atom. The first-order chi connectivity index (χ1) is 6.81. The highest BCUT2D eigenvalue weighted by atomic mass is 16.7. The Kier molecular flexibility index (Phi) is 2.66. The van der Waals surface area contributed by atoms with E-state index in [1.807, 2.05) is 49.4 Å². The van der Waals surface area contributed by atoms with Crippen LogP contribution in [-0.4, -0.2) is 13.2 Å². The van der Waals surface area contributed by atoms with Crippen LogP contribution in [-0.2, 0) is 15.3 Å². The second-order valence-electron chi connectivity index (χ2n) is 3.41. The largest absolute Gasteiger partial charge is 0.342 e. The van der Waals surface area contributed by atoms with E-state index in [2.05, 4.69) is 0 Å². The summed E-state index contributed by atoms with van der Waals surface area (Å²) in [5, 5.41) is 0.